The molecule has 0 aliphatic rings. The highest BCUT2D eigenvalue weighted by Crippen LogP contribution is 2.19. The van der Waals surface area contributed by atoms with Gasteiger partial charge in [0.05, 0.1) is 6.54 Å². The third kappa shape index (κ3) is 3.28. The number of para-hydroxylation sites is 1. The summed E-state index contributed by atoms with van der Waals surface area (Å²) in [7, 11) is 2.03. The molecule has 108 valence electrons. The molecule has 0 aliphatic heterocycles. The number of nitrogens with zero attached hydrogens (tertiary/aromatic N) is 1. The van der Waals surface area contributed by atoms with Crippen molar-refractivity contribution in [3.05, 3.63) is 36.0 Å². The van der Waals surface area contributed by atoms with Gasteiger partial charge in [-0.25, -0.2) is 0 Å². The van der Waals surface area contributed by atoms with Crippen molar-refractivity contribution < 1.29 is 4.79 Å². The van der Waals surface area contributed by atoms with Crippen molar-refractivity contribution in [2.24, 2.45) is 5.92 Å². The van der Waals surface area contributed by atoms with Crippen LogP contribution in [0.15, 0.2) is 30.5 Å². The lowest BCUT2D eigenvalue weighted by atomic mass is 10.0. The van der Waals surface area contributed by atoms with Gasteiger partial charge in [-0.1, -0.05) is 32.0 Å². The van der Waals surface area contributed by atoms with Gasteiger partial charge in [-0.3, -0.25) is 9.69 Å². The van der Waals surface area contributed by atoms with Gasteiger partial charge < -0.3 is 4.98 Å². The summed E-state index contributed by atoms with van der Waals surface area (Å²) < 4.78 is 0. The second-order valence-electron chi connectivity index (χ2n) is 6.06. The van der Waals surface area contributed by atoms with E-state index in [1.165, 1.54) is 0 Å². The number of benzene rings is 1. The second kappa shape index (κ2) is 6.23. The van der Waals surface area contributed by atoms with Crippen LogP contribution in [0.25, 0.3) is 10.9 Å². The van der Waals surface area contributed by atoms with Gasteiger partial charge in [0.25, 0.3) is 0 Å². The molecule has 1 aromatic carbocycles. The Labute approximate surface area is 121 Å². The molecule has 0 aliphatic carbocycles. The predicted octanol–water partition coefficient (Wildman–Crippen LogP) is 3.72. The Hall–Kier alpha value is -1.61. The largest absolute Gasteiger partial charge is 0.360 e. The number of carbonyl (C=O) groups excluding carboxylic acids is 1. The van der Waals surface area contributed by atoms with Gasteiger partial charge in [-0.15, -0.1) is 0 Å². The Morgan fingerprint density at radius 3 is 2.65 bits per heavy atom. The first-order valence-corrected chi connectivity index (χ1v) is 7.28. The molecule has 1 aromatic heterocycles. The average molecular weight is 272 g/mol. The summed E-state index contributed by atoms with van der Waals surface area (Å²) in [4.78, 5) is 17.8. The maximum absolute atomic E-state index is 12.5. The zero-order chi connectivity index (χ0) is 14.7. The fourth-order valence-electron chi connectivity index (χ4n) is 2.63. The van der Waals surface area contributed by atoms with Crippen molar-refractivity contribution in [1.29, 1.82) is 0 Å². The van der Waals surface area contributed by atoms with Gasteiger partial charge in [0.15, 0.2) is 5.78 Å². The van der Waals surface area contributed by atoms with Crippen molar-refractivity contribution in [3.63, 3.8) is 0 Å². The molecule has 2 rings (SSSR count). The molecule has 0 saturated carbocycles. The number of H-pyrrole nitrogens is 1. The number of fused-ring (bicyclic) bond motifs is 1. The SMILES string of the molecule is CC(C)CC(C)N(C)CC(=O)c1c[nH]c2ccccc12. The van der Waals surface area contributed by atoms with E-state index < -0.39 is 0 Å². The van der Waals surface area contributed by atoms with Crippen LogP contribution in [-0.2, 0) is 0 Å². The quantitative estimate of drug-likeness (QED) is 0.814. The number of likely N-dealkylation sites (N-methyl/N-ethyl adjacent to an activating group) is 1. The summed E-state index contributed by atoms with van der Waals surface area (Å²) in [6, 6.07) is 8.36. The van der Waals surface area contributed by atoms with Crippen LogP contribution >= 0.6 is 0 Å². The first kappa shape index (κ1) is 14.8. The molecular weight excluding hydrogens is 248 g/mol. The van der Waals surface area contributed by atoms with Gasteiger partial charge in [-0.05, 0) is 32.4 Å². The smallest absolute Gasteiger partial charge is 0.178 e. The zero-order valence-electron chi connectivity index (χ0n) is 12.8. The van der Waals surface area contributed by atoms with E-state index in [1.54, 1.807) is 0 Å². The van der Waals surface area contributed by atoms with Crippen LogP contribution in [0.4, 0.5) is 0 Å². The summed E-state index contributed by atoms with van der Waals surface area (Å²) in [5.41, 5.74) is 1.82. The number of hydrogen-bond acceptors (Lipinski definition) is 2. The molecular formula is C17H24N2O. The van der Waals surface area contributed by atoms with E-state index in [4.69, 9.17) is 0 Å². The molecule has 0 fully saturated rings. The minimum atomic E-state index is 0.181. The molecule has 3 nitrogen and oxygen atoms in total. The van der Waals surface area contributed by atoms with Crippen LogP contribution in [0.2, 0.25) is 0 Å². The lowest BCUT2D eigenvalue weighted by Crippen LogP contribution is -2.34. The van der Waals surface area contributed by atoms with Gasteiger partial charge in [0.2, 0.25) is 0 Å². The molecule has 1 heterocycles. The van der Waals surface area contributed by atoms with E-state index >= 15 is 0 Å². The minimum Gasteiger partial charge on any atom is -0.360 e. The second-order valence-corrected chi connectivity index (χ2v) is 6.06. The monoisotopic (exact) mass is 272 g/mol. The maximum Gasteiger partial charge on any atom is 0.178 e. The van der Waals surface area contributed by atoms with E-state index in [2.05, 4.69) is 30.7 Å². The van der Waals surface area contributed by atoms with E-state index in [1.807, 2.05) is 37.5 Å². The highest BCUT2D eigenvalue weighted by atomic mass is 16.1. The van der Waals surface area contributed by atoms with E-state index in [-0.39, 0.29) is 5.78 Å². The minimum absolute atomic E-state index is 0.181. The van der Waals surface area contributed by atoms with Gasteiger partial charge >= 0.3 is 0 Å². The first-order chi connectivity index (χ1) is 9.49. The van der Waals surface area contributed by atoms with Crippen LogP contribution in [-0.4, -0.2) is 35.3 Å². The number of aromatic nitrogens is 1. The van der Waals surface area contributed by atoms with Crippen LogP contribution in [0.5, 0.6) is 0 Å². The molecule has 1 unspecified atom stereocenters. The van der Waals surface area contributed by atoms with Crippen molar-refractivity contribution in [2.45, 2.75) is 33.2 Å². The summed E-state index contributed by atoms with van der Waals surface area (Å²) >= 11 is 0. The summed E-state index contributed by atoms with van der Waals surface area (Å²) in [6.45, 7) is 7.08. The van der Waals surface area contributed by atoms with Crippen molar-refractivity contribution >= 4 is 16.7 Å². The molecule has 0 amide bonds. The average Bonchev–Trinajstić information content (AvgIpc) is 2.81. The molecule has 2 aromatic rings. The van der Waals surface area contributed by atoms with Gasteiger partial charge in [0.1, 0.15) is 0 Å². The molecule has 0 spiro atoms. The van der Waals surface area contributed by atoms with Crippen molar-refractivity contribution in [1.82, 2.24) is 9.88 Å². The molecule has 1 N–H and O–H groups in total. The Balaban J connectivity index is 2.08. The Bertz CT molecular complexity index is 585. The highest BCUT2D eigenvalue weighted by molar-refractivity contribution is 6.08. The van der Waals surface area contributed by atoms with E-state index in [0.29, 0.717) is 18.5 Å². The molecule has 0 radical (unpaired) electrons. The first-order valence-electron chi connectivity index (χ1n) is 7.28. The third-order valence-corrected chi connectivity index (χ3v) is 3.85. The van der Waals surface area contributed by atoms with E-state index in [0.717, 1.165) is 22.9 Å². The maximum atomic E-state index is 12.5. The van der Waals surface area contributed by atoms with Crippen molar-refractivity contribution in [2.75, 3.05) is 13.6 Å². The lowest BCUT2D eigenvalue weighted by Gasteiger charge is -2.25. The van der Waals surface area contributed by atoms with Crippen LogP contribution < -0.4 is 0 Å². The van der Waals surface area contributed by atoms with Crippen molar-refractivity contribution in [3.8, 4) is 0 Å². The molecule has 1 atom stereocenters. The van der Waals surface area contributed by atoms with Crippen LogP contribution in [0.3, 0.4) is 0 Å². The molecule has 3 heteroatoms. The number of carbonyl (C=O) groups is 1. The summed E-state index contributed by atoms with van der Waals surface area (Å²) in [5, 5.41) is 1.02. The Morgan fingerprint density at radius 2 is 1.95 bits per heavy atom. The Morgan fingerprint density at radius 1 is 1.25 bits per heavy atom. The summed E-state index contributed by atoms with van der Waals surface area (Å²) in [5.74, 6) is 0.830. The topological polar surface area (TPSA) is 36.1 Å². The number of ketones is 1. The third-order valence-electron chi connectivity index (χ3n) is 3.85. The van der Waals surface area contributed by atoms with Crippen LogP contribution in [0, 0.1) is 5.92 Å². The number of rotatable bonds is 6. The lowest BCUT2D eigenvalue weighted by molar-refractivity contribution is 0.0918. The highest BCUT2D eigenvalue weighted by Gasteiger charge is 2.17. The molecule has 20 heavy (non-hydrogen) atoms. The number of Topliss-reactive ketones (excluding diaryl/α,β-unsaturated/α-hetero) is 1. The number of hydrogen-bond donors (Lipinski definition) is 1. The van der Waals surface area contributed by atoms with Crippen LogP contribution in [0.1, 0.15) is 37.6 Å². The number of nitrogens with one attached hydrogen (secondary N) is 1. The fourth-order valence-corrected chi connectivity index (χ4v) is 2.63. The molecule has 0 bridgehead atoms. The van der Waals surface area contributed by atoms with E-state index in [9.17, 15) is 4.79 Å². The fraction of sp³-hybridized carbons (Fsp3) is 0.471. The molecule has 0 saturated heterocycles. The zero-order valence-corrected chi connectivity index (χ0v) is 12.8. The predicted molar refractivity (Wildman–Crippen MR) is 84.2 cm³/mol. The van der Waals surface area contributed by atoms with Gasteiger partial charge in [0, 0.05) is 28.7 Å². The summed E-state index contributed by atoms with van der Waals surface area (Å²) in [6.07, 6.45) is 2.94. The number of aromatic amines is 1. The Kier molecular flexibility index (Phi) is 4.61. The normalized spacial score (nSPS) is 13.3. The standard InChI is InChI=1S/C17H24N2O/c1-12(2)9-13(3)19(4)11-17(20)15-10-18-16-8-6-5-7-14(15)16/h5-8,10,12-13,18H,9,11H2,1-4H3. The van der Waals surface area contributed by atoms with Gasteiger partial charge in [-0.2, -0.15) is 0 Å².